The van der Waals surface area contributed by atoms with E-state index in [9.17, 15) is 0 Å². The van der Waals surface area contributed by atoms with Crippen molar-refractivity contribution in [2.75, 3.05) is 11.5 Å². The van der Waals surface area contributed by atoms with Crippen LogP contribution in [0.2, 0.25) is 0 Å². The van der Waals surface area contributed by atoms with Crippen molar-refractivity contribution in [3.63, 3.8) is 0 Å². The fourth-order valence-corrected chi connectivity index (χ4v) is 1.74. The lowest BCUT2D eigenvalue weighted by Gasteiger charge is -1.90. The standard InChI is InChI=1S/C10H9N3O/c11-7-3-5-1-2-6-4-8(12)14-10(6)9(5)13-7/h1-4,13H,11-12H2. The largest absolute Gasteiger partial charge is 0.439 e. The molecule has 5 N–H and O–H groups in total. The topological polar surface area (TPSA) is 81.0 Å². The van der Waals surface area contributed by atoms with Crippen LogP contribution in [0.25, 0.3) is 21.9 Å². The SMILES string of the molecule is Nc1cc2ccc3cc(N)oc3c2[nH]1. The van der Waals surface area contributed by atoms with Crippen LogP contribution in [0.5, 0.6) is 0 Å². The van der Waals surface area contributed by atoms with Crippen molar-refractivity contribution in [1.82, 2.24) is 4.98 Å². The summed E-state index contributed by atoms with van der Waals surface area (Å²) in [5.41, 5.74) is 12.9. The summed E-state index contributed by atoms with van der Waals surface area (Å²) in [5, 5.41) is 2.02. The number of hydrogen-bond donors (Lipinski definition) is 3. The van der Waals surface area contributed by atoms with Crippen molar-refractivity contribution in [3.8, 4) is 0 Å². The Kier molecular flexibility index (Phi) is 1.16. The number of furan rings is 1. The van der Waals surface area contributed by atoms with Gasteiger partial charge in [0, 0.05) is 16.8 Å². The lowest BCUT2D eigenvalue weighted by Crippen LogP contribution is -1.80. The number of H-pyrrole nitrogens is 1. The molecule has 70 valence electrons. The van der Waals surface area contributed by atoms with Crippen LogP contribution in [0.1, 0.15) is 0 Å². The minimum atomic E-state index is 0.417. The highest BCUT2D eigenvalue weighted by molar-refractivity contribution is 6.04. The molecule has 14 heavy (non-hydrogen) atoms. The molecule has 0 bridgehead atoms. The van der Waals surface area contributed by atoms with Crippen LogP contribution in [0.3, 0.4) is 0 Å². The maximum absolute atomic E-state index is 5.66. The quantitative estimate of drug-likeness (QED) is 0.504. The molecular weight excluding hydrogens is 178 g/mol. The molecule has 0 unspecified atom stereocenters. The summed E-state index contributed by atoms with van der Waals surface area (Å²) in [5.74, 6) is 1.04. The number of anilines is 2. The van der Waals surface area contributed by atoms with E-state index in [1.807, 2.05) is 18.2 Å². The molecule has 0 saturated heterocycles. The van der Waals surface area contributed by atoms with Crippen molar-refractivity contribution < 1.29 is 4.42 Å². The predicted octanol–water partition coefficient (Wildman–Crippen LogP) is 2.08. The van der Waals surface area contributed by atoms with Crippen LogP contribution >= 0.6 is 0 Å². The third-order valence-electron chi connectivity index (χ3n) is 2.32. The van der Waals surface area contributed by atoms with Crippen LogP contribution in [0.4, 0.5) is 11.7 Å². The summed E-state index contributed by atoms with van der Waals surface area (Å²) in [4.78, 5) is 3.04. The second-order valence-electron chi connectivity index (χ2n) is 3.32. The van der Waals surface area contributed by atoms with E-state index in [1.54, 1.807) is 6.07 Å². The maximum Gasteiger partial charge on any atom is 0.191 e. The molecule has 4 nitrogen and oxygen atoms in total. The summed E-state index contributed by atoms with van der Waals surface area (Å²) < 4.78 is 5.39. The molecule has 0 aliphatic heterocycles. The van der Waals surface area contributed by atoms with Gasteiger partial charge in [0.15, 0.2) is 11.5 Å². The Balaban J connectivity index is 2.58. The van der Waals surface area contributed by atoms with Gasteiger partial charge in [-0.2, -0.15) is 0 Å². The highest BCUT2D eigenvalue weighted by Crippen LogP contribution is 2.29. The Morgan fingerprint density at radius 2 is 1.86 bits per heavy atom. The van der Waals surface area contributed by atoms with Gasteiger partial charge in [0.1, 0.15) is 5.82 Å². The van der Waals surface area contributed by atoms with Gasteiger partial charge in [-0.15, -0.1) is 0 Å². The molecule has 3 rings (SSSR count). The van der Waals surface area contributed by atoms with Crippen LogP contribution in [-0.2, 0) is 0 Å². The second kappa shape index (κ2) is 2.23. The van der Waals surface area contributed by atoms with Crippen molar-refractivity contribution in [2.24, 2.45) is 0 Å². The van der Waals surface area contributed by atoms with Crippen LogP contribution in [0, 0.1) is 0 Å². The number of hydrogen-bond acceptors (Lipinski definition) is 3. The lowest BCUT2D eigenvalue weighted by atomic mass is 10.2. The first-order valence-electron chi connectivity index (χ1n) is 4.30. The summed E-state index contributed by atoms with van der Waals surface area (Å²) in [6.07, 6.45) is 0. The molecule has 0 saturated carbocycles. The molecular formula is C10H9N3O. The Morgan fingerprint density at radius 3 is 2.71 bits per heavy atom. The number of nitrogens with one attached hydrogen (secondary N) is 1. The summed E-state index contributed by atoms with van der Waals surface area (Å²) in [6.45, 7) is 0. The number of aromatic amines is 1. The fraction of sp³-hybridized carbons (Fsp3) is 0. The van der Waals surface area contributed by atoms with E-state index >= 15 is 0 Å². The minimum absolute atomic E-state index is 0.417. The zero-order chi connectivity index (χ0) is 9.71. The third kappa shape index (κ3) is 0.821. The van der Waals surface area contributed by atoms with Crippen molar-refractivity contribution in [1.29, 1.82) is 0 Å². The van der Waals surface area contributed by atoms with Gasteiger partial charge in [-0.1, -0.05) is 12.1 Å². The number of rotatable bonds is 0. The zero-order valence-corrected chi connectivity index (χ0v) is 7.37. The van der Waals surface area contributed by atoms with Gasteiger partial charge in [0.05, 0.1) is 5.52 Å². The summed E-state index contributed by atoms with van der Waals surface area (Å²) in [6, 6.07) is 7.61. The molecule has 0 aliphatic carbocycles. The van der Waals surface area contributed by atoms with Gasteiger partial charge in [0.2, 0.25) is 0 Å². The Hall–Kier alpha value is -2.10. The van der Waals surface area contributed by atoms with Crippen molar-refractivity contribution >= 4 is 33.6 Å². The molecule has 2 heterocycles. The third-order valence-corrected chi connectivity index (χ3v) is 2.32. The van der Waals surface area contributed by atoms with Gasteiger partial charge >= 0.3 is 0 Å². The highest BCUT2D eigenvalue weighted by Gasteiger charge is 2.07. The van der Waals surface area contributed by atoms with E-state index in [2.05, 4.69) is 4.98 Å². The van der Waals surface area contributed by atoms with E-state index < -0.39 is 0 Å². The highest BCUT2D eigenvalue weighted by atomic mass is 16.3. The van der Waals surface area contributed by atoms with E-state index in [0.29, 0.717) is 11.7 Å². The molecule has 0 fully saturated rings. The normalized spacial score (nSPS) is 11.4. The number of nitrogens with two attached hydrogens (primary N) is 2. The van der Waals surface area contributed by atoms with Crippen LogP contribution < -0.4 is 11.5 Å². The average Bonchev–Trinajstić information content (AvgIpc) is 2.65. The Morgan fingerprint density at radius 1 is 1.07 bits per heavy atom. The number of fused-ring (bicyclic) bond motifs is 3. The first-order chi connectivity index (χ1) is 6.74. The number of benzene rings is 1. The molecule has 1 aromatic carbocycles. The molecule has 2 aromatic heterocycles. The van der Waals surface area contributed by atoms with Gasteiger partial charge in [-0.05, 0) is 6.07 Å². The minimum Gasteiger partial charge on any atom is -0.439 e. The van der Waals surface area contributed by atoms with E-state index in [-0.39, 0.29) is 0 Å². The van der Waals surface area contributed by atoms with Crippen molar-refractivity contribution in [3.05, 3.63) is 24.3 Å². The van der Waals surface area contributed by atoms with Crippen LogP contribution in [0.15, 0.2) is 28.7 Å². The summed E-state index contributed by atoms with van der Waals surface area (Å²) in [7, 11) is 0. The monoisotopic (exact) mass is 187 g/mol. The number of nitrogen functional groups attached to an aromatic ring is 2. The van der Waals surface area contributed by atoms with Gasteiger partial charge in [-0.3, -0.25) is 0 Å². The second-order valence-corrected chi connectivity index (χ2v) is 3.32. The van der Waals surface area contributed by atoms with Gasteiger partial charge in [0.25, 0.3) is 0 Å². The fourth-order valence-electron chi connectivity index (χ4n) is 1.74. The molecule has 0 amide bonds. The predicted molar refractivity (Wildman–Crippen MR) is 56.9 cm³/mol. The Labute approximate surface area is 79.5 Å². The van der Waals surface area contributed by atoms with Gasteiger partial charge in [-0.25, -0.2) is 0 Å². The molecule has 0 aliphatic rings. The lowest BCUT2D eigenvalue weighted by molar-refractivity contribution is 0.640. The van der Waals surface area contributed by atoms with Crippen molar-refractivity contribution in [2.45, 2.75) is 0 Å². The smallest absolute Gasteiger partial charge is 0.191 e. The molecule has 0 atom stereocenters. The van der Waals surface area contributed by atoms with E-state index in [0.717, 1.165) is 21.9 Å². The molecule has 3 aromatic rings. The molecule has 0 radical (unpaired) electrons. The number of aromatic nitrogens is 1. The maximum atomic E-state index is 5.66. The first-order valence-corrected chi connectivity index (χ1v) is 4.30. The molecule has 0 spiro atoms. The van der Waals surface area contributed by atoms with Gasteiger partial charge < -0.3 is 20.9 Å². The average molecular weight is 187 g/mol. The zero-order valence-electron chi connectivity index (χ0n) is 7.37. The summed E-state index contributed by atoms with van der Waals surface area (Å²) >= 11 is 0. The first kappa shape index (κ1) is 7.32. The molecule has 4 heteroatoms. The van der Waals surface area contributed by atoms with E-state index in [1.165, 1.54) is 0 Å². The van der Waals surface area contributed by atoms with Crippen LogP contribution in [-0.4, -0.2) is 4.98 Å². The Bertz CT molecular complexity index is 565. The van der Waals surface area contributed by atoms with E-state index in [4.69, 9.17) is 15.9 Å².